The van der Waals surface area contributed by atoms with Gasteiger partial charge in [-0.2, -0.15) is 13.2 Å². The van der Waals surface area contributed by atoms with E-state index in [1.165, 1.54) is 0 Å². The average molecular weight is 573 g/mol. The van der Waals surface area contributed by atoms with E-state index >= 15 is 0 Å². The number of nitrogens with one attached hydrogen (secondary N) is 1. The Morgan fingerprint density at radius 1 is 1.05 bits per heavy atom. The summed E-state index contributed by atoms with van der Waals surface area (Å²) in [6.45, 7) is 5.73. The minimum absolute atomic E-state index is 0.0300. The van der Waals surface area contributed by atoms with Crippen LogP contribution in [0.25, 0.3) is 11.1 Å². The van der Waals surface area contributed by atoms with E-state index in [-0.39, 0.29) is 22.5 Å². The molecule has 1 aliphatic rings. The SMILES string of the molecule is CC[C@@H]1CN(C(=O)c2ccc(C(F)(F)F)cc2Cl)CCN1c1ccc(-c2ccccc2C)cc1C(=O)NCCN. The Hall–Kier alpha value is -3.56. The molecule has 1 atom stereocenters. The molecule has 1 fully saturated rings. The molecule has 4 rings (SSSR count). The summed E-state index contributed by atoms with van der Waals surface area (Å²) >= 11 is 6.11. The van der Waals surface area contributed by atoms with Crippen molar-refractivity contribution in [2.75, 3.05) is 37.6 Å². The number of piperazine rings is 1. The van der Waals surface area contributed by atoms with Crippen molar-refractivity contribution in [2.24, 2.45) is 5.73 Å². The molecular weight excluding hydrogens is 541 g/mol. The van der Waals surface area contributed by atoms with Gasteiger partial charge in [0.1, 0.15) is 0 Å². The Bertz CT molecular complexity index is 1400. The van der Waals surface area contributed by atoms with Gasteiger partial charge < -0.3 is 20.9 Å². The second-order valence-electron chi connectivity index (χ2n) is 9.79. The van der Waals surface area contributed by atoms with E-state index in [2.05, 4.69) is 10.2 Å². The van der Waals surface area contributed by atoms with Gasteiger partial charge in [0.15, 0.2) is 0 Å². The van der Waals surface area contributed by atoms with Crippen LogP contribution in [-0.4, -0.2) is 55.5 Å². The number of aryl methyl sites for hydroxylation is 1. The highest BCUT2D eigenvalue weighted by Crippen LogP contribution is 2.34. The molecule has 40 heavy (non-hydrogen) atoms. The van der Waals surface area contributed by atoms with E-state index in [0.717, 1.165) is 40.6 Å². The average Bonchev–Trinajstić information content (AvgIpc) is 2.94. The van der Waals surface area contributed by atoms with E-state index in [1.54, 1.807) is 4.90 Å². The molecule has 0 aromatic heterocycles. The Morgan fingerprint density at radius 3 is 2.45 bits per heavy atom. The van der Waals surface area contributed by atoms with Crippen LogP contribution < -0.4 is 16.0 Å². The minimum Gasteiger partial charge on any atom is -0.364 e. The number of halogens is 4. The van der Waals surface area contributed by atoms with Crippen LogP contribution in [0.15, 0.2) is 60.7 Å². The van der Waals surface area contributed by atoms with E-state index in [1.807, 2.05) is 56.3 Å². The Labute approximate surface area is 236 Å². The third-order valence-corrected chi connectivity index (χ3v) is 7.52. The van der Waals surface area contributed by atoms with Gasteiger partial charge in [-0.3, -0.25) is 9.59 Å². The van der Waals surface area contributed by atoms with Crippen LogP contribution in [-0.2, 0) is 6.18 Å². The monoisotopic (exact) mass is 572 g/mol. The number of carbonyl (C=O) groups excluding carboxylic acids is 2. The first kappa shape index (κ1) is 29.4. The second-order valence-corrected chi connectivity index (χ2v) is 10.2. The van der Waals surface area contributed by atoms with E-state index in [0.29, 0.717) is 44.7 Å². The van der Waals surface area contributed by atoms with Crippen LogP contribution in [0.4, 0.5) is 18.9 Å². The Morgan fingerprint density at radius 2 is 1.80 bits per heavy atom. The maximum absolute atomic E-state index is 13.3. The fourth-order valence-corrected chi connectivity index (χ4v) is 5.32. The number of hydrogen-bond donors (Lipinski definition) is 2. The number of anilines is 1. The van der Waals surface area contributed by atoms with E-state index in [4.69, 9.17) is 17.3 Å². The van der Waals surface area contributed by atoms with Crippen LogP contribution in [0, 0.1) is 6.92 Å². The molecular formula is C30H32ClF3N4O2. The summed E-state index contributed by atoms with van der Waals surface area (Å²) in [7, 11) is 0. The first-order chi connectivity index (χ1) is 19.0. The molecule has 0 aliphatic carbocycles. The van der Waals surface area contributed by atoms with Gasteiger partial charge in [0, 0.05) is 44.5 Å². The molecule has 0 saturated carbocycles. The molecule has 0 radical (unpaired) electrons. The number of alkyl halides is 3. The molecule has 3 aromatic rings. The smallest absolute Gasteiger partial charge is 0.364 e. The molecule has 3 N–H and O–H groups in total. The third kappa shape index (κ3) is 6.26. The predicted molar refractivity (Wildman–Crippen MR) is 152 cm³/mol. The molecule has 0 bridgehead atoms. The Kier molecular flexibility index (Phi) is 9.05. The zero-order valence-electron chi connectivity index (χ0n) is 22.4. The standard InChI is InChI=1S/C30H32ClF3N4O2/c1-3-22-18-37(29(40)24-10-9-21(17-26(24)31)30(32,33)34)14-15-38(22)27-11-8-20(23-7-5-4-6-19(23)2)16-25(27)28(39)36-13-12-35/h4-11,16-17,22H,3,12-15,18,35H2,1-2H3,(H,36,39)/t22-/m1/s1. The van der Waals surface area contributed by atoms with Crippen molar-refractivity contribution in [2.45, 2.75) is 32.5 Å². The van der Waals surface area contributed by atoms with Crippen LogP contribution >= 0.6 is 11.6 Å². The number of nitrogens with zero attached hydrogens (tertiary/aromatic N) is 2. The van der Waals surface area contributed by atoms with Gasteiger partial charge >= 0.3 is 6.18 Å². The maximum Gasteiger partial charge on any atom is 0.416 e. The number of amides is 2. The van der Waals surface area contributed by atoms with Crippen LogP contribution in [0.3, 0.4) is 0 Å². The third-order valence-electron chi connectivity index (χ3n) is 7.20. The summed E-state index contributed by atoms with van der Waals surface area (Å²) in [5.74, 6) is -0.659. The fourth-order valence-electron chi connectivity index (χ4n) is 5.06. The molecule has 212 valence electrons. The van der Waals surface area contributed by atoms with Crippen molar-refractivity contribution in [1.82, 2.24) is 10.2 Å². The van der Waals surface area contributed by atoms with Crippen molar-refractivity contribution in [1.29, 1.82) is 0 Å². The van der Waals surface area contributed by atoms with Gasteiger partial charge in [0.25, 0.3) is 11.8 Å². The quantitative estimate of drug-likeness (QED) is 0.377. The predicted octanol–water partition coefficient (Wildman–Crippen LogP) is 5.76. The lowest BCUT2D eigenvalue weighted by molar-refractivity contribution is -0.137. The highest BCUT2D eigenvalue weighted by atomic mass is 35.5. The van der Waals surface area contributed by atoms with E-state index < -0.39 is 17.6 Å². The molecule has 0 unspecified atom stereocenters. The zero-order valence-corrected chi connectivity index (χ0v) is 23.1. The molecule has 1 aliphatic heterocycles. The van der Waals surface area contributed by atoms with Gasteiger partial charge in [-0.05, 0) is 60.4 Å². The molecule has 10 heteroatoms. The summed E-state index contributed by atoms with van der Waals surface area (Å²) in [5, 5.41) is 2.64. The van der Waals surface area contributed by atoms with Crippen LogP contribution in [0.1, 0.15) is 45.2 Å². The topological polar surface area (TPSA) is 78.7 Å². The first-order valence-electron chi connectivity index (χ1n) is 13.2. The van der Waals surface area contributed by atoms with Crippen LogP contribution in [0.5, 0.6) is 0 Å². The number of carbonyl (C=O) groups is 2. The summed E-state index contributed by atoms with van der Waals surface area (Å²) in [6, 6.07) is 16.4. The minimum atomic E-state index is -4.55. The van der Waals surface area contributed by atoms with Gasteiger partial charge in [-0.1, -0.05) is 48.9 Å². The van der Waals surface area contributed by atoms with Crippen molar-refractivity contribution in [3.8, 4) is 11.1 Å². The zero-order chi connectivity index (χ0) is 29.0. The summed E-state index contributed by atoms with van der Waals surface area (Å²) in [4.78, 5) is 30.3. The fraction of sp³-hybridized carbons (Fsp3) is 0.333. The summed E-state index contributed by atoms with van der Waals surface area (Å²) in [5.41, 5.74) is 9.04. The summed E-state index contributed by atoms with van der Waals surface area (Å²) in [6.07, 6.45) is -3.87. The molecule has 1 heterocycles. The number of hydrogen-bond acceptors (Lipinski definition) is 4. The first-order valence-corrected chi connectivity index (χ1v) is 13.5. The molecule has 0 spiro atoms. The van der Waals surface area contributed by atoms with Gasteiger partial charge in [0.05, 0.1) is 21.7 Å². The molecule has 2 amide bonds. The lowest BCUT2D eigenvalue weighted by atomic mass is 9.96. The highest BCUT2D eigenvalue weighted by molar-refractivity contribution is 6.33. The summed E-state index contributed by atoms with van der Waals surface area (Å²) < 4.78 is 39.2. The largest absolute Gasteiger partial charge is 0.416 e. The van der Waals surface area contributed by atoms with Crippen LogP contribution in [0.2, 0.25) is 5.02 Å². The normalized spacial score (nSPS) is 15.7. The van der Waals surface area contributed by atoms with Crippen molar-refractivity contribution in [3.63, 3.8) is 0 Å². The maximum atomic E-state index is 13.3. The van der Waals surface area contributed by atoms with Gasteiger partial charge in [0.2, 0.25) is 0 Å². The molecule has 6 nitrogen and oxygen atoms in total. The lowest BCUT2D eigenvalue weighted by Gasteiger charge is -2.43. The van der Waals surface area contributed by atoms with E-state index in [9.17, 15) is 22.8 Å². The number of nitrogens with two attached hydrogens (primary N) is 1. The number of benzene rings is 3. The Balaban J connectivity index is 1.62. The molecule has 3 aromatic carbocycles. The van der Waals surface area contributed by atoms with Crippen molar-refractivity contribution < 1.29 is 22.8 Å². The lowest BCUT2D eigenvalue weighted by Crippen LogP contribution is -2.55. The highest BCUT2D eigenvalue weighted by Gasteiger charge is 2.34. The second kappa shape index (κ2) is 12.3. The molecule has 1 saturated heterocycles. The van der Waals surface area contributed by atoms with Gasteiger partial charge in [-0.25, -0.2) is 0 Å². The van der Waals surface area contributed by atoms with Gasteiger partial charge in [-0.15, -0.1) is 0 Å². The number of rotatable bonds is 7. The van der Waals surface area contributed by atoms with Crippen molar-refractivity contribution in [3.05, 3.63) is 87.9 Å². The van der Waals surface area contributed by atoms with Crippen molar-refractivity contribution >= 4 is 29.1 Å².